The Hall–Kier alpha value is -0.983. The van der Waals surface area contributed by atoms with Gasteiger partial charge in [-0.1, -0.05) is 50.0 Å². The summed E-state index contributed by atoms with van der Waals surface area (Å²) in [6, 6.07) is 11.2. The normalized spacial score (nSPS) is 11.8. The molecular formula is C14H20BrN3OSi. The number of aromatic nitrogens is 3. The van der Waals surface area contributed by atoms with E-state index in [9.17, 15) is 0 Å². The molecule has 0 bridgehead atoms. The third kappa shape index (κ3) is 4.54. The van der Waals surface area contributed by atoms with Gasteiger partial charge in [-0.25, -0.2) is 9.67 Å². The van der Waals surface area contributed by atoms with Crippen molar-refractivity contribution in [1.82, 2.24) is 14.8 Å². The van der Waals surface area contributed by atoms with Gasteiger partial charge in [0.25, 0.3) is 0 Å². The van der Waals surface area contributed by atoms with E-state index in [1.54, 1.807) is 4.68 Å². The zero-order valence-corrected chi connectivity index (χ0v) is 14.7. The van der Waals surface area contributed by atoms with Gasteiger partial charge in [0.15, 0.2) is 5.82 Å². The van der Waals surface area contributed by atoms with E-state index in [-0.39, 0.29) is 0 Å². The molecule has 0 radical (unpaired) electrons. The second-order valence-corrected chi connectivity index (χ2v) is 12.2. The molecule has 2 rings (SSSR count). The summed E-state index contributed by atoms with van der Waals surface area (Å²) in [7, 11) is -1.05. The molecule has 0 atom stereocenters. The number of rotatable bonds is 6. The number of benzene rings is 1. The molecule has 0 aliphatic heterocycles. The Bertz CT molecular complexity index is 551. The molecule has 0 aliphatic rings. The Labute approximate surface area is 129 Å². The molecule has 6 heteroatoms. The molecule has 0 fully saturated rings. The topological polar surface area (TPSA) is 39.9 Å². The molecule has 0 saturated heterocycles. The minimum absolute atomic E-state index is 0.438. The van der Waals surface area contributed by atoms with Crippen LogP contribution in [0.5, 0.6) is 0 Å². The Balaban J connectivity index is 2.02. The SMILES string of the molecule is C[Si](C)(C)CCOCn1nc(Br)nc1-c1ccccc1. The highest BCUT2D eigenvalue weighted by Crippen LogP contribution is 2.19. The third-order valence-corrected chi connectivity index (χ3v) is 4.93. The van der Waals surface area contributed by atoms with Crippen LogP contribution in [0.15, 0.2) is 35.1 Å². The fourth-order valence-electron chi connectivity index (χ4n) is 1.73. The van der Waals surface area contributed by atoms with Gasteiger partial charge in [0.05, 0.1) is 0 Å². The van der Waals surface area contributed by atoms with Gasteiger partial charge in [-0.05, 0) is 22.0 Å². The molecule has 0 N–H and O–H groups in total. The molecule has 1 heterocycles. The van der Waals surface area contributed by atoms with Crippen LogP contribution in [0.25, 0.3) is 11.4 Å². The van der Waals surface area contributed by atoms with E-state index in [4.69, 9.17) is 4.74 Å². The van der Waals surface area contributed by atoms with E-state index in [2.05, 4.69) is 45.7 Å². The fourth-order valence-corrected chi connectivity index (χ4v) is 2.85. The maximum atomic E-state index is 5.75. The minimum Gasteiger partial charge on any atom is -0.359 e. The van der Waals surface area contributed by atoms with Crippen molar-refractivity contribution in [2.75, 3.05) is 6.61 Å². The molecule has 108 valence electrons. The van der Waals surface area contributed by atoms with Crippen LogP contribution in [0.2, 0.25) is 25.7 Å². The molecule has 0 amide bonds. The largest absolute Gasteiger partial charge is 0.359 e. The van der Waals surface area contributed by atoms with Crippen molar-refractivity contribution in [3.05, 3.63) is 35.1 Å². The van der Waals surface area contributed by atoms with E-state index >= 15 is 0 Å². The number of nitrogens with zero attached hydrogens (tertiary/aromatic N) is 3. The average Bonchev–Trinajstić information content (AvgIpc) is 2.76. The van der Waals surface area contributed by atoms with Gasteiger partial charge in [-0.2, -0.15) is 0 Å². The van der Waals surface area contributed by atoms with E-state index in [0.29, 0.717) is 11.5 Å². The summed E-state index contributed by atoms with van der Waals surface area (Å²) in [5, 5.41) is 4.33. The highest BCUT2D eigenvalue weighted by Gasteiger charge is 2.13. The maximum Gasteiger partial charge on any atom is 0.217 e. The Morgan fingerprint density at radius 1 is 1.20 bits per heavy atom. The first kappa shape index (κ1) is 15.4. The highest BCUT2D eigenvalue weighted by atomic mass is 79.9. The summed E-state index contributed by atoms with van der Waals surface area (Å²) in [4.78, 5) is 4.41. The van der Waals surface area contributed by atoms with Crippen LogP contribution in [0, 0.1) is 0 Å². The van der Waals surface area contributed by atoms with Gasteiger partial charge in [-0.3, -0.25) is 0 Å². The smallest absolute Gasteiger partial charge is 0.217 e. The van der Waals surface area contributed by atoms with Crippen LogP contribution >= 0.6 is 15.9 Å². The van der Waals surface area contributed by atoms with Crippen LogP contribution in [0.3, 0.4) is 0 Å². The molecule has 0 unspecified atom stereocenters. The predicted octanol–water partition coefficient (Wildman–Crippen LogP) is 4.02. The molecule has 1 aromatic heterocycles. The van der Waals surface area contributed by atoms with E-state index in [0.717, 1.165) is 24.0 Å². The second kappa shape index (κ2) is 6.65. The Morgan fingerprint density at radius 2 is 1.90 bits per heavy atom. The average molecular weight is 354 g/mol. The zero-order chi connectivity index (χ0) is 14.6. The number of ether oxygens (including phenoxy) is 1. The van der Waals surface area contributed by atoms with Crippen molar-refractivity contribution in [1.29, 1.82) is 0 Å². The summed E-state index contributed by atoms with van der Waals surface area (Å²) in [6.07, 6.45) is 0. The second-order valence-electron chi connectivity index (χ2n) is 5.92. The van der Waals surface area contributed by atoms with E-state index < -0.39 is 8.07 Å². The summed E-state index contributed by atoms with van der Waals surface area (Å²) in [5.74, 6) is 0.825. The molecule has 20 heavy (non-hydrogen) atoms. The van der Waals surface area contributed by atoms with Gasteiger partial charge in [0.1, 0.15) is 6.73 Å². The van der Waals surface area contributed by atoms with Crippen molar-refractivity contribution >= 4 is 24.0 Å². The predicted molar refractivity (Wildman–Crippen MR) is 87.3 cm³/mol. The van der Waals surface area contributed by atoms with Crippen molar-refractivity contribution in [3.63, 3.8) is 0 Å². The lowest BCUT2D eigenvalue weighted by atomic mass is 10.2. The lowest BCUT2D eigenvalue weighted by Crippen LogP contribution is -2.22. The van der Waals surface area contributed by atoms with Crippen LogP contribution in [0.1, 0.15) is 0 Å². The lowest BCUT2D eigenvalue weighted by Gasteiger charge is -2.15. The maximum absolute atomic E-state index is 5.75. The highest BCUT2D eigenvalue weighted by molar-refractivity contribution is 9.10. The van der Waals surface area contributed by atoms with Crippen LogP contribution in [0.4, 0.5) is 0 Å². The van der Waals surface area contributed by atoms with E-state index in [1.165, 1.54) is 0 Å². The van der Waals surface area contributed by atoms with Crippen LogP contribution in [-0.2, 0) is 11.5 Å². The van der Waals surface area contributed by atoms with Crippen molar-refractivity contribution in [3.8, 4) is 11.4 Å². The van der Waals surface area contributed by atoms with Crippen molar-refractivity contribution in [2.24, 2.45) is 0 Å². The van der Waals surface area contributed by atoms with E-state index in [1.807, 2.05) is 30.3 Å². The summed E-state index contributed by atoms with van der Waals surface area (Å²) in [5.41, 5.74) is 1.04. The van der Waals surface area contributed by atoms with Gasteiger partial charge in [-0.15, -0.1) is 5.10 Å². The Morgan fingerprint density at radius 3 is 2.55 bits per heavy atom. The number of hydrogen-bond donors (Lipinski definition) is 0. The van der Waals surface area contributed by atoms with Crippen molar-refractivity contribution < 1.29 is 4.74 Å². The Kier molecular flexibility index (Phi) is 5.12. The van der Waals surface area contributed by atoms with Gasteiger partial charge in [0, 0.05) is 20.2 Å². The molecule has 0 spiro atoms. The standard InChI is InChI=1S/C14H20BrN3OSi/c1-20(2,3)10-9-19-11-18-13(16-14(15)17-18)12-7-5-4-6-8-12/h4-8H,9-11H2,1-3H3. The third-order valence-electron chi connectivity index (χ3n) is 2.89. The zero-order valence-electron chi connectivity index (χ0n) is 12.1. The summed E-state index contributed by atoms with van der Waals surface area (Å²) >= 11 is 3.33. The molecular weight excluding hydrogens is 334 g/mol. The molecule has 2 aromatic rings. The van der Waals surface area contributed by atoms with Crippen molar-refractivity contribution in [2.45, 2.75) is 32.4 Å². The summed E-state index contributed by atoms with van der Waals surface area (Å²) in [6.45, 7) is 8.25. The quantitative estimate of drug-likeness (QED) is 0.581. The first-order chi connectivity index (χ1) is 9.46. The monoisotopic (exact) mass is 353 g/mol. The minimum atomic E-state index is -1.05. The molecule has 4 nitrogen and oxygen atoms in total. The van der Waals surface area contributed by atoms with Gasteiger partial charge >= 0.3 is 0 Å². The van der Waals surface area contributed by atoms with Crippen LogP contribution < -0.4 is 0 Å². The molecule has 1 aromatic carbocycles. The van der Waals surface area contributed by atoms with Crippen LogP contribution in [-0.4, -0.2) is 29.4 Å². The van der Waals surface area contributed by atoms with Gasteiger partial charge < -0.3 is 4.74 Å². The fraction of sp³-hybridized carbons (Fsp3) is 0.429. The first-order valence-corrected chi connectivity index (χ1v) is 11.2. The van der Waals surface area contributed by atoms with Gasteiger partial charge in [0.2, 0.25) is 4.73 Å². The number of hydrogen-bond acceptors (Lipinski definition) is 3. The molecule has 0 saturated carbocycles. The lowest BCUT2D eigenvalue weighted by molar-refractivity contribution is 0.0794. The first-order valence-electron chi connectivity index (χ1n) is 6.69. The molecule has 0 aliphatic carbocycles. The number of halogens is 1. The summed E-state index contributed by atoms with van der Waals surface area (Å²) < 4.78 is 8.13.